The van der Waals surface area contributed by atoms with Crippen molar-refractivity contribution in [1.82, 2.24) is 9.80 Å². The van der Waals surface area contributed by atoms with E-state index in [-0.39, 0.29) is 21.2 Å². The lowest BCUT2D eigenvalue weighted by atomic mass is 9.88. The Labute approximate surface area is 239 Å². The van der Waals surface area contributed by atoms with Crippen molar-refractivity contribution in [3.05, 3.63) is 79.9 Å². The third-order valence-electron chi connectivity index (χ3n) is 9.51. The summed E-state index contributed by atoms with van der Waals surface area (Å²) in [6.45, 7) is 0. The second-order valence-electron chi connectivity index (χ2n) is 12.1. The van der Waals surface area contributed by atoms with Crippen molar-refractivity contribution in [1.29, 1.82) is 0 Å². The van der Waals surface area contributed by atoms with Crippen molar-refractivity contribution in [2.75, 3.05) is 14.1 Å². The second-order valence-corrected chi connectivity index (χ2v) is 12.1. The van der Waals surface area contributed by atoms with Gasteiger partial charge in [0.25, 0.3) is 11.4 Å². The fourth-order valence-corrected chi connectivity index (χ4v) is 6.94. The van der Waals surface area contributed by atoms with Crippen molar-refractivity contribution < 1.29 is 9.85 Å². The molecule has 0 saturated carbocycles. The first-order valence-electron chi connectivity index (χ1n) is 15.2. The SMILES string of the molecule is CN1C(CCCCCCC2CCCC(Cc3ccc([N+](=O)[O-])cc3)N2C)CCCC1Cc1ccc([N+](=O)[O-])cc1. The topological polar surface area (TPSA) is 92.8 Å². The molecule has 2 aromatic rings. The maximum Gasteiger partial charge on any atom is 0.269 e. The number of unbranched alkanes of at least 4 members (excludes halogenated alkanes) is 3. The van der Waals surface area contributed by atoms with Gasteiger partial charge in [0, 0.05) is 48.4 Å². The number of likely N-dealkylation sites (N-methyl/N-ethyl adjacent to an activating group) is 2. The Kier molecular flexibility index (Phi) is 11.1. The van der Waals surface area contributed by atoms with Crippen molar-refractivity contribution in [2.45, 2.75) is 114 Å². The quantitative estimate of drug-likeness (QED) is 0.147. The van der Waals surface area contributed by atoms with Gasteiger partial charge in [0.1, 0.15) is 0 Å². The molecular formula is C32H46N4O4. The first-order valence-corrected chi connectivity index (χ1v) is 15.2. The Morgan fingerprint density at radius 2 is 0.950 bits per heavy atom. The highest BCUT2D eigenvalue weighted by molar-refractivity contribution is 5.34. The minimum atomic E-state index is -0.332. The first kappa shape index (κ1) is 30.1. The van der Waals surface area contributed by atoms with Gasteiger partial charge >= 0.3 is 0 Å². The zero-order chi connectivity index (χ0) is 28.5. The molecule has 0 aromatic heterocycles. The molecule has 0 radical (unpaired) electrons. The maximum absolute atomic E-state index is 10.9. The van der Waals surface area contributed by atoms with Gasteiger partial charge in [0.2, 0.25) is 0 Å². The van der Waals surface area contributed by atoms with E-state index in [4.69, 9.17) is 0 Å². The van der Waals surface area contributed by atoms with Crippen LogP contribution in [-0.4, -0.2) is 57.9 Å². The zero-order valence-corrected chi connectivity index (χ0v) is 24.2. The minimum absolute atomic E-state index is 0.163. The smallest absolute Gasteiger partial charge is 0.269 e. The number of hydrogen-bond donors (Lipinski definition) is 0. The van der Waals surface area contributed by atoms with Gasteiger partial charge in [-0.05, 0) is 76.6 Å². The van der Waals surface area contributed by atoms with Gasteiger partial charge in [-0.2, -0.15) is 0 Å². The fraction of sp³-hybridized carbons (Fsp3) is 0.625. The summed E-state index contributed by atoms with van der Waals surface area (Å²) < 4.78 is 0. The largest absolute Gasteiger partial charge is 0.300 e. The van der Waals surface area contributed by atoms with E-state index in [1.807, 2.05) is 24.3 Å². The summed E-state index contributed by atoms with van der Waals surface area (Å²) in [4.78, 5) is 26.4. The molecule has 8 heteroatoms. The Morgan fingerprint density at radius 1 is 0.600 bits per heavy atom. The Balaban J connectivity index is 1.13. The summed E-state index contributed by atoms with van der Waals surface area (Å²) in [6.07, 6.45) is 17.1. The van der Waals surface area contributed by atoms with Gasteiger partial charge in [0.05, 0.1) is 9.85 Å². The number of non-ortho nitro benzene ring substituents is 2. The predicted molar refractivity (Wildman–Crippen MR) is 160 cm³/mol. The molecule has 0 bridgehead atoms. The molecule has 8 nitrogen and oxygen atoms in total. The van der Waals surface area contributed by atoms with Gasteiger partial charge in [-0.1, -0.05) is 62.8 Å². The molecule has 0 spiro atoms. The van der Waals surface area contributed by atoms with E-state index in [9.17, 15) is 20.2 Å². The Hall–Kier alpha value is -2.84. The molecule has 218 valence electrons. The number of nitro benzene ring substituents is 2. The van der Waals surface area contributed by atoms with Crippen LogP contribution in [0.5, 0.6) is 0 Å². The average molecular weight is 551 g/mol. The first-order chi connectivity index (χ1) is 19.3. The molecule has 0 amide bonds. The van der Waals surface area contributed by atoms with Crippen molar-refractivity contribution in [3.8, 4) is 0 Å². The maximum atomic E-state index is 10.9. The third kappa shape index (κ3) is 8.33. The molecule has 2 fully saturated rings. The molecule has 2 aliphatic heterocycles. The van der Waals surface area contributed by atoms with Crippen LogP contribution < -0.4 is 0 Å². The summed E-state index contributed by atoms with van der Waals surface area (Å²) in [5.41, 5.74) is 2.70. The van der Waals surface area contributed by atoms with Crippen LogP contribution in [0.3, 0.4) is 0 Å². The molecule has 0 N–H and O–H groups in total. The van der Waals surface area contributed by atoms with E-state index >= 15 is 0 Å². The lowest BCUT2D eigenvalue weighted by Crippen LogP contribution is -2.45. The van der Waals surface area contributed by atoms with E-state index < -0.39 is 0 Å². The van der Waals surface area contributed by atoms with Crippen molar-refractivity contribution in [3.63, 3.8) is 0 Å². The predicted octanol–water partition coefficient (Wildman–Crippen LogP) is 7.33. The highest BCUT2D eigenvalue weighted by Crippen LogP contribution is 2.30. The molecule has 4 atom stereocenters. The van der Waals surface area contributed by atoms with E-state index in [0.29, 0.717) is 24.2 Å². The number of hydrogen-bond acceptors (Lipinski definition) is 6. The van der Waals surface area contributed by atoms with Gasteiger partial charge < -0.3 is 9.80 Å². The van der Waals surface area contributed by atoms with Crippen LogP contribution in [0.2, 0.25) is 0 Å². The van der Waals surface area contributed by atoms with Gasteiger partial charge in [-0.15, -0.1) is 0 Å². The van der Waals surface area contributed by atoms with Gasteiger partial charge in [-0.3, -0.25) is 20.2 Å². The van der Waals surface area contributed by atoms with Crippen LogP contribution in [0.15, 0.2) is 48.5 Å². The van der Waals surface area contributed by atoms with Crippen LogP contribution >= 0.6 is 0 Å². The molecule has 0 aliphatic carbocycles. The van der Waals surface area contributed by atoms with Crippen LogP contribution in [0.4, 0.5) is 11.4 Å². The monoisotopic (exact) mass is 550 g/mol. The van der Waals surface area contributed by atoms with Crippen LogP contribution in [0.1, 0.15) is 88.2 Å². The summed E-state index contributed by atoms with van der Waals surface area (Å²) >= 11 is 0. The Bertz CT molecular complexity index is 1000. The Morgan fingerprint density at radius 3 is 1.30 bits per heavy atom. The molecule has 4 rings (SSSR count). The summed E-state index contributed by atoms with van der Waals surface area (Å²) in [5, 5.41) is 21.9. The van der Waals surface area contributed by atoms with Crippen molar-refractivity contribution >= 4 is 11.4 Å². The normalized spacial score (nSPS) is 24.1. The lowest BCUT2D eigenvalue weighted by molar-refractivity contribution is -0.385. The third-order valence-corrected chi connectivity index (χ3v) is 9.51. The van der Waals surface area contributed by atoms with E-state index in [1.54, 1.807) is 24.3 Å². The molecule has 2 aromatic carbocycles. The summed E-state index contributed by atoms with van der Waals surface area (Å²) in [5.74, 6) is 0. The lowest BCUT2D eigenvalue weighted by Gasteiger charge is -2.40. The van der Waals surface area contributed by atoms with Crippen LogP contribution in [-0.2, 0) is 12.8 Å². The van der Waals surface area contributed by atoms with E-state index in [1.165, 1.54) is 88.2 Å². The summed E-state index contributed by atoms with van der Waals surface area (Å²) in [7, 11) is 4.54. The standard InChI is InChI=1S/C32H46N4O4/c1-33-27(11-7-13-31(33)23-25-15-19-29(20-16-25)35(37)38)9-5-3-4-6-10-28-12-8-14-32(34(28)2)24-26-17-21-30(22-18-26)36(39)40/h15-22,27-28,31-32H,3-14,23-24H2,1-2H3. The number of nitro groups is 2. The molecule has 2 heterocycles. The fourth-order valence-electron chi connectivity index (χ4n) is 6.94. The molecule has 4 unspecified atom stereocenters. The molecule has 2 aliphatic rings. The highest BCUT2D eigenvalue weighted by Gasteiger charge is 2.28. The minimum Gasteiger partial charge on any atom is -0.300 e. The number of piperidine rings is 2. The molecule has 40 heavy (non-hydrogen) atoms. The van der Waals surface area contributed by atoms with Crippen molar-refractivity contribution in [2.24, 2.45) is 0 Å². The number of nitrogens with zero attached hydrogens (tertiary/aromatic N) is 4. The zero-order valence-electron chi connectivity index (χ0n) is 24.2. The highest BCUT2D eigenvalue weighted by atomic mass is 16.6. The van der Waals surface area contributed by atoms with E-state index in [0.717, 1.165) is 12.8 Å². The number of likely N-dealkylation sites (tertiary alicyclic amines) is 2. The molecule has 2 saturated heterocycles. The van der Waals surface area contributed by atoms with Crippen LogP contribution in [0.25, 0.3) is 0 Å². The van der Waals surface area contributed by atoms with Gasteiger partial charge in [-0.25, -0.2) is 0 Å². The van der Waals surface area contributed by atoms with Gasteiger partial charge in [0.15, 0.2) is 0 Å². The van der Waals surface area contributed by atoms with Crippen LogP contribution in [0, 0.1) is 20.2 Å². The second kappa shape index (κ2) is 14.7. The average Bonchev–Trinajstić information content (AvgIpc) is 2.95. The summed E-state index contributed by atoms with van der Waals surface area (Å²) in [6, 6.07) is 16.5. The number of rotatable bonds is 13. The van der Waals surface area contributed by atoms with E-state index in [2.05, 4.69) is 23.9 Å². The molecular weight excluding hydrogens is 504 g/mol. The number of benzene rings is 2.